The Bertz CT molecular complexity index is 1750. The Morgan fingerprint density at radius 3 is 2.08 bits per heavy atom. The van der Waals surface area contributed by atoms with E-state index < -0.39 is 34.0 Å². The molecule has 3 aliphatic rings. The van der Waals surface area contributed by atoms with E-state index in [0.29, 0.717) is 67.2 Å². The Kier molecular flexibility index (Phi) is 10.1. The number of benzene rings is 2. The summed E-state index contributed by atoms with van der Waals surface area (Å²) < 4.78 is 57.9. The molecule has 5 rings (SSSR count). The van der Waals surface area contributed by atoms with Crippen LogP contribution in [0.15, 0.2) is 65.5 Å². The number of halogens is 3. The first kappa shape index (κ1) is 36.8. The number of carbonyl (C=O) groups is 2. The van der Waals surface area contributed by atoms with E-state index in [0.717, 1.165) is 23.5 Å². The van der Waals surface area contributed by atoms with Crippen LogP contribution in [0.4, 0.5) is 18.9 Å². The number of methoxy groups -OCH3 is 1. The van der Waals surface area contributed by atoms with Crippen molar-refractivity contribution in [2.24, 2.45) is 10.8 Å². The largest absolute Gasteiger partial charge is 0.490 e. The fraction of sp³-hybridized carbons (Fsp3) is 0.474. The molecule has 0 radical (unpaired) electrons. The third kappa shape index (κ3) is 7.21. The van der Waals surface area contributed by atoms with E-state index in [4.69, 9.17) is 14.2 Å². The molecule has 50 heavy (non-hydrogen) atoms. The van der Waals surface area contributed by atoms with Crippen LogP contribution in [0.25, 0.3) is 0 Å². The highest BCUT2D eigenvalue weighted by atomic mass is 19.4. The minimum absolute atomic E-state index is 0.0585. The van der Waals surface area contributed by atoms with Crippen molar-refractivity contribution in [3.63, 3.8) is 0 Å². The average molecular weight is 697 g/mol. The molecule has 0 unspecified atom stereocenters. The normalized spacial score (nSPS) is 18.9. The standard InChI is InChI=1S/C38H43F3N2O7/c1-8-10-22-15-23(16-31(49-9-2)35(22)50-30-12-11-24(38(39,40)41)17-25(30)43(46)47)32-33-26(18-36(3,4)20-28(33)44)42(13-14-48-7)27-19-37(5,6)21-29(45)34(27)32/h8,11-12,15-17,32H,1,9-10,13-14,18-21H2,2-7H3. The third-order valence-corrected chi connectivity index (χ3v) is 9.39. The van der Waals surface area contributed by atoms with Crippen LogP contribution in [-0.2, 0) is 26.9 Å². The lowest BCUT2D eigenvalue weighted by Crippen LogP contribution is -2.45. The third-order valence-electron chi connectivity index (χ3n) is 9.39. The van der Waals surface area contributed by atoms with Gasteiger partial charge in [0, 0.05) is 66.6 Å². The highest BCUT2D eigenvalue weighted by Gasteiger charge is 2.49. The molecule has 2 aromatic carbocycles. The molecular weight excluding hydrogens is 653 g/mol. The Morgan fingerprint density at radius 2 is 1.58 bits per heavy atom. The summed E-state index contributed by atoms with van der Waals surface area (Å²) in [4.78, 5) is 41.5. The lowest BCUT2D eigenvalue weighted by Gasteiger charge is -2.49. The maximum Gasteiger partial charge on any atom is 0.416 e. The maximum atomic E-state index is 14.2. The van der Waals surface area contributed by atoms with Gasteiger partial charge in [0.15, 0.2) is 23.1 Å². The summed E-state index contributed by atoms with van der Waals surface area (Å²) in [6, 6.07) is 5.52. The minimum atomic E-state index is -4.80. The summed E-state index contributed by atoms with van der Waals surface area (Å²) in [6.45, 7) is 14.8. The molecule has 2 aliphatic carbocycles. The molecule has 0 aromatic heterocycles. The van der Waals surface area contributed by atoms with Crippen molar-refractivity contribution in [3.05, 3.63) is 92.3 Å². The topological polar surface area (TPSA) is 108 Å². The van der Waals surface area contributed by atoms with Gasteiger partial charge in [-0.05, 0) is 60.8 Å². The first-order valence-corrected chi connectivity index (χ1v) is 16.6. The van der Waals surface area contributed by atoms with Crippen LogP contribution >= 0.6 is 0 Å². The van der Waals surface area contributed by atoms with Crippen molar-refractivity contribution in [1.82, 2.24) is 4.90 Å². The molecule has 268 valence electrons. The van der Waals surface area contributed by atoms with Crippen molar-refractivity contribution in [2.45, 2.75) is 78.8 Å². The molecule has 0 atom stereocenters. The van der Waals surface area contributed by atoms with Gasteiger partial charge in [0.1, 0.15) is 0 Å². The van der Waals surface area contributed by atoms with Crippen molar-refractivity contribution >= 4 is 17.3 Å². The Morgan fingerprint density at radius 1 is 0.980 bits per heavy atom. The molecule has 0 saturated carbocycles. The van der Waals surface area contributed by atoms with Gasteiger partial charge in [-0.1, -0.05) is 39.8 Å². The first-order chi connectivity index (χ1) is 23.4. The lowest BCUT2D eigenvalue weighted by atomic mass is 9.63. The van der Waals surface area contributed by atoms with E-state index in [-0.39, 0.29) is 46.9 Å². The number of hydrogen-bond acceptors (Lipinski definition) is 8. The number of allylic oxidation sites excluding steroid dienone is 5. The van der Waals surface area contributed by atoms with E-state index in [1.807, 2.05) is 0 Å². The second-order valence-corrected chi connectivity index (χ2v) is 14.7. The molecular formula is C38H43F3N2O7. The minimum Gasteiger partial charge on any atom is -0.490 e. The lowest BCUT2D eigenvalue weighted by molar-refractivity contribution is -0.385. The van der Waals surface area contributed by atoms with E-state index in [1.165, 1.54) is 0 Å². The highest BCUT2D eigenvalue weighted by molar-refractivity contribution is 6.07. The van der Waals surface area contributed by atoms with Crippen LogP contribution < -0.4 is 9.47 Å². The zero-order valence-corrected chi connectivity index (χ0v) is 29.3. The maximum absolute atomic E-state index is 14.2. The number of ketones is 2. The predicted molar refractivity (Wildman–Crippen MR) is 181 cm³/mol. The van der Waals surface area contributed by atoms with E-state index in [1.54, 1.807) is 32.2 Å². The van der Waals surface area contributed by atoms with E-state index in [9.17, 15) is 32.9 Å². The number of nitrogens with zero attached hydrogens (tertiary/aromatic N) is 2. The van der Waals surface area contributed by atoms with Crippen LogP contribution in [0.5, 0.6) is 17.2 Å². The molecule has 1 heterocycles. The molecule has 0 bridgehead atoms. The van der Waals surface area contributed by atoms with Gasteiger partial charge in [-0.25, -0.2) is 0 Å². The van der Waals surface area contributed by atoms with Crippen LogP contribution in [0, 0.1) is 20.9 Å². The van der Waals surface area contributed by atoms with Gasteiger partial charge in [-0.2, -0.15) is 13.2 Å². The van der Waals surface area contributed by atoms with Gasteiger partial charge >= 0.3 is 11.9 Å². The fourth-order valence-corrected chi connectivity index (χ4v) is 7.40. The number of nitro benzene ring substituents is 1. The van der Waals surface area contributed by atoms with Crippen LogP contribution in [0.3, 0.4) is 0 Å². The second kappa shape index (κ2) is 13.7. The van der Waals surface area contributed by atoms with Crippen molar-refractivity contribution in [1.29, 1.82) is 0 Å². The van der Waals surface area contributed by atoms with E-state index >= 15 is 0 Å². The SMILES string of the molecule is C=CCc1cc(C2C3=C(CC(C)(C)CC3=O)N(CCOC)C3=C2C(=O)CC(C)(C)C3)cc(OCC)c1Oc1ccc(C(F)(F)F)cc1[N+](=O)[O-]. The summed E-state index contributed by atoms with van der Waals surface area (Å²) in [7, 11) is 1.61. The molecule has 9 nitrogen and oxygen atoms in total. The molecule has 0 fully saturated rings. The van der Waals surface area contributed by atoms with Crippen LogP contribution in [0.2, 0.25) is 0 Å². The van der Waals surface area contributed by atoms with Gasteiger partial charge in [-0.15, -0.1) is 6.58 Å². The number of hydrogen-bond donors (Lipinski definition) is 0. The first-order valence-electron chi connectivity index (χ1n) is 16.6. The van der Waals surface area contributed by atoms with Crippen LogP contribution in [-0.4, -0.2) is 48.3 Å². The van der Waals surface area contributed by atoms with Crippen molar-refractivity contribution in [2.75, 3.05) is 26.9 Å². The van der Waals surface area contributed by atoms with Gasteiger partial charge in [0.25, 0.3) is 0 Å². The second-order valence-electron chi connectivity index (χ2n) is 14.7. The molecule has 0 saturated heterocycles. The monoisotopic (exact) mass is 696 g/mol. The zero-order valence-electron chi connectivity index (χ0n) is 29.3. The highest BCUT2D eigenvalue weighted by Crippen LogP contribution is 2.55. The van der Waals surface area contributed by atoms with Gasteiger partial charge < -0.3 is 19.1 Å². The summed E-state index contributed by atoms with van der Waals surface area (Å²) in [5.74, 6) is -1.02. The van der Waals surface area contributed by atoms with Crippen LogP contribution in [0.1, 0.15) is 82.9 Å². The Hall–Kier alpha value is -4.45. The number of rotatable bonds is 11. The van der Waals surface area contributed by atoms with Gasteiger partial charge in [0.2, 0.25) is 5.75 Å². The Balaban J connectivity index is 1.75. The molecule has 12 heteroatoms. The molecule has 0 N–H and O–H groups in total. The zero-order chi connectivity index (χ0) is 36.8. The van der Waals surface area contributed by atoms with E-state index in [2.05, 4.69) is 39.2 Å². The number of Topliss-reactive ketones (excluding diaryl/α,β-unsaturated/α-hetero) is 2. The number of nitro groups is 1. The molecule has 2 aromatic rings. The van der Waals surface area contributed by atoms with Gasteiger partial charge in [0.05, 0.1) is 23.7 Å². The molecule has 0 spiro atoms. The van der Waals surface area contributed by atoms with Crippen molar-refractivity contribution < 1.29 is 41.9 Å². The Labute approximate surface area is 289 Å². The summed E-state index contributed by atoms with van der Waals surface area (Å²) in [6.07, 6.45) is -1.23. The number of carbonyl (C=O) groups excluding carboxylic acids is 2. The summed E-state index contributed by atoms with van der Waals surface area (Å²) in [5, 5.41) is 11.9. The number of ether oxygens (including phenoxy) is 3. The summed E-state index contributed by atoms with van der Waals surface area (Å²) >= 11 is 0. The summed E-state index contributed by atoms with van der Waals surface area (Å²) in [5.41, 5.74) is 1.19. The quantitative estimate of drug-likeness (QED) is 0.130. The predicted octanol–water partition coefficient (Wildman–Crippen LogP) is 8.87. The number of alkyl halides is 3. The fourth-order valence-electron chi connectivity index (χ4n) is 7.40. The van der Waals surface area contributed by atoms with Crippen molar-refractivity contribution in [3.8, 4) is 17.2 Å². The van der Waals surface area contributed by atoms with Gasteiger partial charge in [-0.3, -0.25) is 19.7 Å². The smallest absolute Gasteiger partial charge is 0.416 e. The molecule has 0 amide bonds. The average Bonchev–Trinajstić information content (AvgIpc) is 2.99. The molecule has 1 aliphatic heterocycles.